The van der Waals surface area contributed by atoms with Gasteiger partial charge in [-0.2, -0.15) is 0 Å². The van der Waals surface area contributed by atoms with Crippen LogP contribution in [0.25, 0.3) is 0 Å². The van der Waals surface area contributed by atoms with E-state index in [-0.39, 0.29) is 5.82 Å². The maximum atomic E-state index is 13.2. The van der Waals surface area contributed by atoms with E-state index in [9.17, 15) is 9.50 Å². The Balaban J connectivity index is 2.37. The normalized spacial score (nSPS) is 12.4. The summed E-state index contributed by atoms with van der Waals surface area (Å²) in [6.45, 7) is 1.60. The Labute approximate surface area is 114 Å². The van der Waals surface area contributed by atoms with Crippen LogP contribution in [0.2, 0.25) is 5.02 Å². The smallest absolute Gasteiger partial charge is 0.123 e. The molecule has 5 heteroatoms. The van der Waals surface area contributed by atoms with Crippen molar-refractivity contribution < 1.29 is 9.50 Å². The molecule has 1 unspecified atom stereocenters. The summed E-state index contributed by atoms with van der Waals surface area (Å²) in [5, 5.41) is 10.8. The van der Waals surface area contributed by atoms with Crippen LogP contribution in [0.3, 0.4) is 0 Å². The third-order valence-corrected chi connectivity index (χ3v) is 3.88. The van der Waals surface area contributed by atoms with Gasteiger partial charge in [0.05, 0.1) is 11.1 Å². The van der Waals surface area contributed by atoms with E-state index in [1.807, 2.05) is 0 Å². The molecule has 1 heterocycles. The second-order valence-electron chi connectivity index (χ2n) is 3.75. The number of aliphatic hydroxyl groups excluding tert-OH is 1. The van der Waals surface area contributed by atoms with E-state index >= 15 is 0 Å². The molecule has 2 aromatic rings. The van der Waals surface area contributed by atoms with Crippen LogP contribution in [0, 0.1) is 5.82 Å². The van der Waals surface area contributed by atoms with Gasteiger partial charge in [-0.3, -0.25) is 0 Å². The molecule has 94 valence electrons. The van der Waals surface area contributed by atoms with Crippen molar-refractivity contribution in [2.75, 3.05) is 0 Å². The van der Waals surface area contributed by atoms with Gasteiger partial charge in [-0.15, -0.1) is 0 Å². The second-order valence-corrected chi connectivity index (χ2v) is 5.19. The van der Waals surface area contributed by atoms with E-state index in [4.69, 9.17) is 11.6 Å². The van der Waals surface area contributed by atoms with E-state index in [0.29, 0.717) is 15.6 Å². The number of aliphatic hydroxyl groups is 1. The summed E-state index contributed by atoms with van der Waals surface area (Å²) in [5.74, 6) is -0.373. The predicted molar refractivity (Wildman–Crippen MR) is 70.4 cm³/mol. The van der Waals surface area contributed by atoms with Crippen molar-refractivity contribution in [2.45, 2.75) is 22.9 Å². The Hall–Kier alpha value is -1.10. The third-order valence-electron chi connectivity index (χ3n) is 2.35. The highest BCUT2D eigenvalue weighted by Crippen LogP contribution is 2.35. The lowest BCUT2D eigenvalue weighted by molar-refractivity contribution is 0.196. The van der Waals surface area contributed by atoms with Gasteiger partial charge in [-0.25, -0.2) is 9.37 Å². The van der Waals surface area contributed by atoms with Crippen LogP contribution >= 0.6 is 23.4 Å². The molecule has 2 nitrogen and oxygen atoms in total. The SMILES string of the molecule is CC(O)c1cc(F)ccc1Sc1ncccc1Cl. The molecule has 1 aromatic heterocycles. The van der Waals surface area contributed by atoms with Crippen LogP contribution < -0.4 is 0 Å². The molecule has 0 aliphatic carbocycles. The first-order valence-corrected chi connectivity index (χ1v) is 6.53. The minimum absolute atomic E-state index is 0.373. The van der Waals surface area contributed by atoms with Crippen molar-refractivity contribution in [1.82, 2.24) is 4.98 Å². The Morgan fingerprint density at radius 1 is 1.39 bits per heavy atom. The van der Waals surface area contributed by atoms with E-state index in [2.05, 4.69) is 4.98 Å². The summed E-state index contributed by atoms with van der Waals surface area (Å²) in [7, 11) is 0. The van der Waals surface area contributed by atoms with Crippen LogP contribution in [0.5, 0.6) is 0 Å². The number of rotatable bonds is 3. The largest absolute Gasteiger partial charge is 0.389 e. The van der Waals surface area contributed by atoms with Gasteiger partial charge in [0.2, 0.25) is 0 Å². The van der Waals surface area contributed by atoms with Gasteiger partial charge in [0.25, 0.3) is 0 Å². The molecule has 0 saturated carbocycles. The van der Waals surface area contributed by atoms with Gasteiger partial charge >= 0.3 is 0 Å². The Bertz CT molecular complexity index is 562. The van der Waals surface area contributed by atoms with Crippen LogP contribution in [0.4, 0.5) is 4.39 Å². The molecule has 0 radical (unpaired) electrons. The van der Waals surface area contributed by atoms with E-state index in [1.165, 1.54) is 23.9 Å². The van der Waals surface area contributed by atoms with Gasteiger partial charge < -0.3 is 5.11 Å². The van der Waals surface area contributed by atoms with Crippen molar-refractivity contribution in [3.05, 3.63) is 52.9 Å². The maximum Gasteiger partial charge on any atom is 0.123 e. The molecule has 1 aromatic carbocycles. The summed E-state index contributed by atoms with van der Waals surface area (Å²) in [6, 6.07) is 7.77. The monoisotopic (exact) mass is 283 g/mol. The van der Waals surface area contributed by atoms with Crippen molar-refractivity contribution in [1.29, 1.82) is 0 Å². The lowest BCUT2D eigenvalue weighted by Crippen LogP contribution is -1.95. The van der Waals surface area contributed by atoms with Crippen LogP contribution in [-0.4, -0.2) is 10.1 Å². The fraction of sp³-hybridized carbons (Fsp3) is 0.154. The van der Waals surface area contributed by atoms with Gasteiger partial charge in [0.1, 0.15) is 10.8 Å². The molecular formula is C13H11ClFNOS. The second kappa shape index (κ2) is 5.69. The van der Waals surface area contributed by atoms with Crippen LogP contribution in [0.15, 0.2) is 46.5 Å². The highest BCUT2D eigenvalue weighted by atomic mass is 35.5. The van der Waals surface area contributed by atoms with E-state index in [1.54, 1.807) is 31.3 Å². The summed E-state index contributed by atoms with van der Waals surface area (Å²) in [5.41, 5.74) is 0.529. The molecule has 0 saturated heterocycles. The minimum Gasteiger partial charge on any atom is -0.389 e. The first-order chi connectivity index (χ1) is 8.58. The van der Waals surface area contributed by atoms with Gasteiger partial charge in [-0.05, 0) is 42.8 Å². The van der Waals surface area contributed by atoms with Crippen molar-refractivity contribution in [2.24, 2.45) is 0 Å². The third kappa shape index (κ3) is 3.02. The van der Waals surface area contributed by atoms with Gasteiger partial charge in [-0.1, -0.05) is 23.4 Å². The molecule has 18 heavy (non-hydrogen) atoms. The van der Waals surface area contributed by atoms with Gasteiger partial charge in [0.15, 0.2) is 0 Å². The zero-order chi connectivity index (χ0) is 13.1. The van der Waals surface area contributed by atoms with Crippen molar-refractivity contribution in [3.63, 3.8) is 0 Å². The molecule has 1 N–H and O–H groups in total. The minimum atomic E-state index is -0.745. The molecule has 1 atom stereocenters. The standard InChI is InChI=1S/C13H11ClFNOS/c1-8(17)10-7-9(15)4-5-12(10)18-13-11(14)3-2-6-16-13/h2-8,17H,1H3. The molecule has 2 rings (SSSR count). The van der Waals surface area contributed by atoms with Crippen LogP contribution in [0.1, 0.15) is 18.6 Å². The van der Waals surface area contributed by atoms with E-state index < -0.39 is 6.10 Å². The Morgan fingerprint density at radius 2 is 2.17 bits per heavy atom. The highest BCUT2D eigenvalue weighted by Gasteiger charge is 2.12. The first kappa shape index (κ1) is 13.3. The summed E-state index contributed by atoms with van der Waals surface area (Å²) < 4.78 is 13.2. The number of hydrogen-bond donors (Lipinski definition) is 1. The molecule has 0 aliphatic rings. The van der Waals surface area contributed by atoms with Crippen molar-refractivity contribution in [3.8, 4) is 0 Å². The molecule has 0 amide bonds. The average Bonchev–Trinajstić information content (AvgIpc) is 2.34. The summed E-state index contributed by atoms with van der Waals surface area (Å²) >= 11 is 7.33. The zero-order valence-electron chi connectivity index (χ0n) is 9.60. The number of benzene rings is 1. The Kier molecular flexibility index (Phi) is 4.22. The van der Waals surface area contributed by atoms with Gasteiger partial charge in [0, 0.05) is 11.1 Å². The lowest BCUT2D eigenvalue weighted by Gasteiger charge is -2.11. The van der Waals surface area contributed by atoms with E-state index in [0.717, 1.165) is 4.90 Å². The van der Waals surface area contributed by atoms with Crippen molar-refractivity contribution >= 4 is 23.4 Å². The first-order valence-electron chi connectivity index (χ1n) is 5.34. The predicted octanol–water partition coefficient (Wildman–Crippen LogP) is 4.08. The molecule has 0 fully saturated rings. The number of pyridine rings is 1. The fourth-order valence-electron chi connectivity index (χ4n) is 1.49. The lowest BCUT2D eigenvalue weighted by atomic mass is 10.1. The molecule has 0 spiro atoms. The number of nitrogens with zero attached hydrogens (tertiary/aromatic N) is 1. The number of aromatic nitrogens is 1. The molecule has 0 aliphatic heterocycles. The average molecular weight is 284 g/mol. The fourth-order valence-corrected chi connectivity index (χ4v) is 2.70. The molecular weight excluding hydrogens is 273 g/mol. The summed E-state index contributed by atoms with van der Waals surface area (Å²) in [4.78, 5) is 4.89. The Morgan fingerprint density at radius 3 is 2.83 bits per heavy atom. The number of hydrogen-bond acceptors (Lipinski definition) is 3. The highest BCUT2D eigenvalue weighted by molar-refractivity contribution is 7.99. The number of halogens is 2. The summed E-state index contributed by atoms with van der Waals surface area (Å²) in [6.07, 6.45) is 0.894. The topological polar surface area (TPSA) is 33.1 Å². The van der Waals surface area contributed by atoms with Crippen LogP contribution in [-0.2, 0) is 0 Å². The maximum absolute atomic E-state index is 13.2. The molecule has 0 bridgehead atoms. The zero-order valence-corrected chi connectivity index (χ0v) is 11.2. The quantitative estimate of drug-likeness (QED) is 0.921.